The Morgan fingerprint density at radius 3 is 2.33 bits per heavy atom. The van der Waals surface area contributed by atoms with E-state index in [-0.39, 0.29) is 6.54 Å². The Labute approximate surface area is 124 Å². The normalized spacial score (nSPS) is 12.2. The van der Waals surface area contributed by atoms with Crippen molar-refractivity contribution in [3.05, 3.63) is 65.2 Å². The number of likely N-dealkylation sites (N-methyl/N-ethyl adjacent to an activating group) is 1. The van der Waals surface area contributed by atoms with E-state index in [0.717, 1.165) is 17.3 Å². The van der Waals surface area contributed by atoms with Crippen LogP contribution in [0.25, 0.3) is 0 Å². The summed E-state index contributed by atoms with van der Waals surface area (Å²) < 4.78 is 27.5. The number of nitrogens with two attached hydrogens (primary N) is 1. The first-order chi connectivity index (χ1) is 10.1. The van der Waals surface area contributed by atoms with Gasteiger partial charge in [-0.1, -0.05) is 29.8 Å². The van der Waals surface area contributed by atoms with Crippen molar-refractivity contribution < 1.29 is 8.78 Å². The molecule has 0 amide bonds. The maximum Gasteiger partial charge on any atom is 0.164 e. The van der Waals surface area contributed by atoms with E-state index in [2.05, 4.69) is 0 Å². The minimum atomic E-state index is -0.842. The summed E-state index contributed by atoms with van der Waals surface area (Å²) in [5.41, 5.74) is 8.22. The molecule has 0 aliphatic carbocycles. The topological polar surface area (TPSA) is 29.3 Å². The maximum atomic E-state index is 14.1. The van der Waals surface area contributed by atoms with E-state index >= 15 is 0 Å². The van der Waals surface area contributed by atoms with Crippen LogP contribution >= 0.6 is 0 Å². The highest BCUT2D eigenvalue weighted by Crippen LogP contribution is 2.29. The summed E-state index contributed by atoms with van der Waals surface area (Å²) in [6, 6.07) is 11.8. The Kier molecular flexibility index (Phi) is 4.91. The van der Waals surface area contributed by atoms with Crippen LogP contribution < -0.4 is 10.6 Å². The van der Waals surface area contributed by atoms with E-state index in [4.69, 9.17) is 5.73 Å². The Balaban J connectivity index is 2.42. The molecule has 2 rings (SSSR count). The third-order valence-corrected chi connectivity index (χ3v) is 3.65. The number of nitrogens with zero attached hydrogens (tertiary/aromatic N) is 1. The van der Waals surface area contributed by atoms with E-state index in [1.807, 2.05) is 43.0 Å². The second-order valence-electron chi connectivity index (χ2n) is 5.02. The molecule has 0 saturated carbocycles. The van der Waals surface area contributed by atoms with Gasteiger partial charge in [-0.2, -0.15) is 0 Å². The summed E-state index contributed by atoms with van der Waals surface area (Å²) in [6.45, 7) is 4.84. The Bertz CT molecular complexity index is 596. The predicted molar refractivity (Wildman–Crippen MR) is 82.4 cm³/mol. The van der Waals surface area contributed by atoms with Crippen LogP contribution in [-0.4, -0.2) is 13.1 Å². The standard InChI is InChI=1S/C17H20F2N2/c1-3-21(13-9-7-12(2)8-10-13)16(11-20)14-5-4-6-15(18)17(14)19/h4-10,16H,3,11,20H2,1-2H3. The molecule has 1 unspecified atom stereocenters. The lowest BCUT2D eigenvalue weighted by Gasteiger charge is -2.32. The fourth-order valence-electron chi connectivity index (χ4n) is 2.52. The van der Waals surface area contributed by atoms with E-state index in [0.29, 0.717) is 12.1 Å². The highest BCUT2D eigenvalue weighted by Gasteiger charge is 2.22. The van der Waals surface area contributed by atoms with Crippen molar-refractivity contribution in [3.63, 3.8) is 0 Å². The average molecular weight is 290 g/mol. The summed E-state index contributed by atoms with van der Waals surface area (Å²) in [5.74, 6) is -1.66. The summed E-state index contributed by atoms with van der Waals surface area (Å²) >= 11 is 0. The van der Waals surface area contributed by atoms with Crippen molar-refractivity contribution in [1.29, 1.82) is 0 Å². The van der Waals surface area contributed by atoms with Gasteiger partial charge in [0.2, 0.25) is 0 Å². The molecule has 2 N–H and O–H groups in total. The van der Waals surface area contributed by atoms with Gasteiger partial charge in [0.05, 0.1) is 6.04 Å². The smallest absolute Gasteiger partial charge is 0.164 e. The summed E-state index contributed by atoms with van der Waals surface area (Å²) in [6.07, 6.45) is 0. The van der Waals surface area contributed by atoms with Gasteiger partial charge in [0.25, 0.3) is 0 Å². The molecule has 1 atom stereocenters. The molecule has 0 aliphatic heterocycles. The van der Waals surface area contributed by atoms with Crippen LogP contribution in [0.4, 0.5) is 14.5 Å². The molecule has 0 saturated heterocycles. The third kappa shape index (κ3) is 3.22. The first-order valence-corrected chi connectivity index (χ1v) is 7.05. The van der Waals surface area contributed by atoms with Crippen LogP contribution in [0.15, 0.2) is 42.5 Å². The molecule has 4 heteroatoms. The monoisotopic (exact) mass is 290 g/mol. The zero-order valence-corrected chi connectivity index (χ0v) is 12.3. The highest BCUT2D eigenvalue weighted by atomic mass is 19.2. The lowest BCUT2D eigenvalue weighted by molar-refractivity contribution is 0.483. The Morgan fingerprint density at radius 2 is 1.76 bits per heavy atom. The molecule has 2 aromatic carbocycles. The molecular formula is C17H20F2N2. The number of aryl methyl sites for hydroxylation is 1. The van der Waals surface area contributed by atoms with Crippen LogP contribution in [0.1, 0.15) is 24.1 Å². The van der Waals surface area contributed by atoms with E-state index < -0.39 is 17.7 Å². The fraction of sp³-hybridized carbons (Fsp3) is 0.294. The largest absolute Gasteiger partial charge is 0.363 e. The lowest BCUT2D eigenvalue weighted by Crippen LogP contribution is -2.34. The third-order valence-electron chi connectivity index (χ3n) is 3.65. The van der Waals surface area contributed by atoms with Crippen LogP contribution in [0.3, 0.4) is 0 Å². The molecule has 0 bridgehead atoms. The number of rotatable bonds is 5. The summed E-state index contributed by atoms with van der Waals surface area (Å²) in [5, 5.41) is 0. The first-order valence-electron chi connectivity index (χ1n) is 7.05. The Morgan fingerprint density at radius 1 is 1.10 bits per heavy atom. The van der Waals surface area contributed by atoms with Crippen molar-refractivity contribution in [1.82, 2.24) is 0 Å². The SMILES string of the molecule is CCN(c1ccc(C)cc1)C(CN)c1cccc(F)c1F. The molecular weight excluding hydrogens is 270 g/mol. The van der Waals surface area contributed by atoms with Crippen LogP contribution in [0.5, 0.6) is 0 Å². The first kappa shape index (κ1) is 15.4. The van der Waals surface area contributed by atoms with Crippen molar-refractivity contribution >= 4 is 5.69 Å². The Hall–Kier alpha value is -1.94. The van der Waals surface area contributed by atoms with E-state index in [9.17, 15) is 8.78 Å². The number of anilines is 1. The number of halogens is 2. The predicted octanol–water partition coefficient (Wildman–Crippen LogP) is 3.80. The van der Waals surface area contributed by atoms with Crippen molar-refractivity contribution in [2.75, 3.05) is 18.0 Å². The zero-order valence-electron chi connectivity index (χ0n) is 12.3. The van der Waals surface area contributed by atoms with Crippen LogP contribution in [-0.2, 0) is 0 Å². The zero-order chi connectivity index (χ0) is 15.4. The lowest BCUT2D eigenvalue weighted by atomic mass is 10.0. The molecule has 2 aromatic rings. The second-order valence-corrected chi connectivity index (χ2v) is 5.02. The van der Waals surface area contributed by atoms with Gasteiger partial charge in [0.1, 0.15) is 0 Å². The molecule has 0 fully saturated rings. The summed E-state index contributed by atoms with van der Waals surface area (Å²) in [4.78, 5) is 1.98. The molecule has 0 spiro atoms. The van der Waals surface area contributed by atoms with Gasteiger partial charge < -0.3 is 10.6 Å². The number of hydrogen-bond donors (Lipinski definition) is 1. The second kappa shape index (κ2) is 6.68. The van der Waals surface area contributed by atoms with Gasteiger partial charge in [0.15, 0.2) is 11.6 Å². The molecule has 2 nitrogen and oxygen atoms in total. The van der Waals surface area contributed by atoms with Gasteiger partial charge >= 0.3 is 0 Å². The van der Waals surface area contributed by atoms with Crippen molar-refractivity contribution in [3.8, 4) is 0 Å². The van der Waals surface area contributed by atoms with Gasteiger partial charge in [-0.15, -0.1) is 0 Å². The van der Waals surface area contributed by atoms with Crippen molar-refractivity contribution in [2.45, 2.75) is 19.9 Å². The average Bonchev–Trinajstić information content (AvgIpc) is 2.49. The molecule has 21 heavy (non-hydrogen) atoms. The van der Waals surface area contributed by atoms with Gasteiger partial charge in [0, 0.05) is 24.3 Å². The molecule has 0 aliphatic rings. The summed E-state index contributed by atoms with van der Waals surface area (Å²) in [7, 11) is 0. The minimum Gasteiger partial charge on any atom is -0.363 e. The highest BCUT2D eigenvalue weighted by molar-refractivity contribution is 5.50. The van der Waals surface area contributed by atoms with E-state index in [1.165, 1.54) is 6.07 Å². The van der Waals surface area contributed by atoms with Crippen LogP contribution in [0, 0.1) is 18.6 Å². The maximum absolute atomic E-state index is 14.1. The van der Waals surface area contributed by atoms with Gasteiger partial charge in [-0.05, 0) is 32.0 Å². The van der Waals surface area contributed by atoms with Gasteiger partial charge in [-0.3, -0.25) is 0 Å². The molecule has 0 aromatic heterocycles. The van der Waals surface area contributed by atoms with Crippen LogP contribution in [0.2, 0.25) is 0 Å². The number of hydrogen-bond acceptors (Lipinski definition) is 2. The molecule has 0 radical (unpaired) electrons. The van der Waals surface area contributed by atoms with Gasteiger partial charge in [-0.25, -0.2) is 8.78 Å². The van der Waals surface area contributed by atoms with Crippen molar-refractivity contribution in [2.24, 2.45) is 5.73 Å². The van der Waals surface area contributed by atoms with E-state index in [1.54, 1.807) is 6.07 Å². The molecule has 112 valence electrons. The number of benzene rings is 2. The molecule has 0 heterocycles. The minimum absolute atomic E-state index is 0.210. The quantitative estimate of drug-likeness (QED) is 0.907. The fourth-order valence-corrected chi connectivity index (χ4v) is 2.52.